The lowest BCUT2D eigenvalue weighted by Gasteiger charge is -2.41. The zero-order valence-corrected chi connectivity index (χ0v) is 23.6. The third-order valence-electron chi connectivity index (χ3n) is 8.25. The number of nitrogens with zero attached hydrogens (tertiary/aromatic N) is 5. The predicted molar refractivity (Wildman–Crippen MR) is 157 cm³/mol. The summed E-state index contributed by atoms with van der Waals surface area (Å²) in [5.74, 6) is 2.20. The second kappa shape index (κ2) is 12.7. The molecule has 2 aliphatic heterocycles. The summed E-state index contributed by atoms with van der Waals surface area (Å²) in [5, 5.41) is 4.17. The van der Waals surface area contributed by atoms with Crippen molar-refractivity contribution in [3.63, 3.8) is 0 Å². The molecule has 4 aromatic rings. The smallest absolute Gasteiger partial charge is 0.241 e. The van der Waals surface area contributed by atoms with Crippen molar-refractivity contribution in [3.8, 4) is 17.1 Å². The highest BCUT2D eigenvalue weighted by atomic mass is 16.5. The molecule has 0 spiro atoms. The van der Waals surface area contributed by atoms with Crippen molar-refractivity contribution >= 4 is 5.91 Å². The van der Waals surface area contributed by atoms with Crippen molar-refractivity contribution < 1.29 is 14.1 Å². The molecule has 1 atom stereocenters. The molecular weight excluding hydrogens is 514 g/mol. The van der Waals surface area contributed by atoms with Crippen molar-refractivity contribution in [1.82, 2.24) is 24.8 Å². The molecule has 1 amide bonds. The molecule has 0 radical (unpaired) electrons. The van der Waals surface area contributed by atoms with Gasteiger partial charge in [-0.25, -0.2) is 0 Å². The average molecular weight is 552 g/mol. The van der Waals surface area contributed by atoms with Crippen LogP contribution in [0.2, 0.25) is 0 Å². The number of amides is 1. The zero-order chi connectivity index (χ0) is 28.0. The number of rotatable bonds is 8. The Hall–Kier alpha value is -4.01. The maximum Gasteiger partial charge on any atom is 0.241 e. The highest BCUT2D eigenvalue weighted by molar-refractivity contribution is 5.79. The van der Waals surface area contributed by atoms with Gasteiger partial charge in [0.25, 0.3) is 0 Å². The highest BCUT2D eigenvalue weighted by Gasteiger charge is 2.33. The molecule has 2 saturated heterocycles. The summed E-state index contributed by atoms with van der Waals surface area (Å²) in [4.78, 5) is 25.1. The van der Waals surface area contributed by atoms with Crippen LogP contribution in [0.25, 0.3) is 11.4 Å². The van der Waals surface area contributed by atoms with E-state index < -0.39 is 0 Å². The highest BCUT2D eigenvalue weighted by Crippen LogP contribution is 2.30. The summed E-state index contributed by atoms with van der Waals surface area (Å²) in [6, 6.07) is 29.2. The first kappa shape index (κ1) is 27.2. The summed E-state index contributed by atoms with van der Waals surface area (Å²) in [6.45, 7) is 5.40. The molecule has 2 fully saturated rings. The molecule has 8 heteroatoms. The maximum atomic E-state index is 13.6. The third-order valence-corrected chi connectivity index (χ3v) is 8.25. The van der Waals surface area contributed by atoms with E-state index in [1.807, 2.05) is 24.3 Å². The third kappa shape index (κ3) is 6.34. The number of hydrogen-bond donors (Lipinski definition) is 0. The molecule has 8 nitrogen and oxygen atoms in total. The molecule has 3 heterocycles. The van der Waals surface area contributed by atoms with Gasteiger partial charge in [-0.15, -0.1) is 0 Å². The number of carbonyl (C=O) groups excluding carboxylic acids is 1. The minimum Gasteiger partial charge on any atom is -0.497 e. The maximum absolute atomic E-state index is 13.6. The Morgan fingerprint density at radius 2 is 1.56 bits per heavy atom. The number of piperidine rings is 1. The van der Waals surface area contributed by atoms with Crippen molar-refractivity contribution in [1.29, 1.82) is 0 Å². The van der Waals surface area contributed by atoms with Crippen molar-refractivity contribution in [3.05, 3.63) is 102 Å². The van der Waals surface area contributed by atoms with Gasteiger partial charge in [0.15, 0.2) is 0 Å². The zero-order valence-electron chi connectivity index (χ0n) is 23.6. The van der Waals surface area contributed by atoms with Crippen molar-refractivity contribution in [2.75, 3.05) is 46.4 Å². The molecule has 2 aliphatic rings. The number of ether oxygens (including phenoxy) is 1. The monoisotopic (exact) mass is 551 g/mol. The number of benzene rings is 3. The van der Waals surface area contributed by atoms with Gasteiger partial charge >= 0.3 is 0 Å². The number of aromatic nitrogens is 2. The first-order chi connectivity index (χ1) is 20.2. The lowest BCUT2D eigenvalue weighted by molar-refractivity contribution is -0.139. The molecule has 6 rings (SSSR count). The fourth-order valence-electron chi connectivity index (χ4n) is 6.11. The van der Waals surface area contributed by atoms with E-state index in [-0.39, 0.29) is 17.9 Å². The minimum absolute atomic E-state index is 0.00155. The van der Waals surface area contributed by atoms with E-state index in [2.05, 4.69) is 85.5 Å². The Labute approximate surface area is 241 Å². The summed E-state index contributed by atoms with van der Waals surface area (Å²) in [7, 11) is 1.64. The number of methoxy groups -OCH3 is 1. The first-order valence-electron chi connectivity index (χ1n) is 14.5. The fourth-order valence-corrected chi connectivity index (χ4v) is 6.11. The van der Waals surface area contributed by atoms with Crippen LogP contribution in [-0.2, 0) is 11.3 Å². The first-order valence-corrected chi connectivity index (χ1v) is 14.5. The van der Waals surface area contributed by atoms with Gasteiger partial charge < -0.3 is 14.2 Å². The quantitative estimate of drug-likeness (QED) is 0.309. The normalized spacial score (nSPS) is 18.5. The van der Waals surface area contributed by atoms with Crippen LogP contribution in [0, 0.1) is 5.92 Å². The Balaban J connectivity index is 1.05. The molecular formula is C33H37N5O3. The van der Waals surface area contributed by atoms with Crippen LogP contribution < -0.4 is 4.74 Å². The second-order valence-corrected chi connectivity index (χ2v) is 10.9. The van der Waals surface area contributed by atoms with E-state index in [4.69, 9.17) is 9.26 Å². The van der Waals surface area contributed by atoms with Gasteiger partial charge in [-0.3, -0.25) is 14.6 Å². The molecule has 0 saturated carbocycles. The summed E-state index contributed by atoms with van der Waals surface area (Å²) in [5.41, 5.74) is 3.46. The molecule has 1 unspecified atom stereocenters. The minimum atomic E-state index is -0.00155. The standard InChI is InChI=1S/C33H37N5O3/c1-40-29-16-14-27(15-17-29)32-34-30(41-35-32)24-36-18-8-13-28(23-36)33(39)38-21-19-37(20-22-38)31(25-9-4-2-5-10-25)26-11-6-3-7-12-26/h2-7,9-12,14-17,28,31H,8,13,18-24H2,1H3. The Morgan fingerprint density at radius 1 is 0.902 bits per heavy atom. The SMILES string of the molecule is COc1ccc(-c2noc(CN3CCCC(C(=O)N4CCN(C(c5ccccc5)c5ccccc5)CC4)C3)n2)cc1. The topological polar surface area (TPSA) is 74.9 Å². The van der Waals surface area contributed by atoms with Gasteiger partial charge in [0.05, 0.1) is 25.6 Å². The van der Waals surface area contributed by atoms with E-state index in [9.17, 15) is 4.79 Å². The van der Waals surface area contributed by atoms with Crippen LogP contribution >= 0.6 is 0 Å². The van der Waals surface area contributed by atoms with Gasteiger partial charge in [-0.1, -0.05) is 65.8 Å². The van der Waals surface area contributed by atoms with Gasteiger partial charge in [0.2, 0.25) is 17.6 Å². The molecule has 3 aromatic carbocycles. The Morgan fingerprint density at radius 3 is 2.20 bits per heavy atom. The Kier molecular flexibility index (Phi) is 8.39. The van der Waals surface area contributed by atoms with Crippen molar-refractivity contribution in [2.24, 2.45) is 5.92 Å². The summed E-state index contributed by atoms with van der Waals surface area (Å²) < 4.78 is 10.8. The Bertz CT molecular complexity index is 1360. The van der Waals surface area contributed by atoms with E-state index in [1.165, 1.54) is 11.1 Å². The molecule has 41 heavy (non-hydrogen) atoms. The average Bonchev–Trinajstić information content (AvgIpc) is 3.51. The van der Waals surface area contributed by atoms with Crippen LogP contribution in [0.1, 0.15) is 35.9 Å². The number of carbonyl (C=O) groups is 1. The van der Waals surface area contributed by atoms with Crippen LogP contribution in [-0.4, -0.2) is 77.1 Å². The predicted octanol–water partition coefficient (Wildman–Crippen LogP) is 4.89. The van der Waals surface area contributed by atoms with E-state index in [0.717, 1.165) is 63.4 Å². The van der Waals surface area contributed by atoms with E-state index in [0.29, 0.717) is 18.3 Å². The van der Waals surface area contributed by atoms with E-state index in [1.54, 1.807) is 7.11 Å². The molecule has 0 bridgehead atoms. The van der Waals surface area contributed by atoms with Crippen LogP contribution in [0.15, 0.2) is 89.5 Å². The summed E-state index contributed by atoms with van der Waals surface area (Å²) in [6.07, 6.45) is 1.91. The number of piperazine rings is 1. The largest absolute Gasteiger partial charge is 0.497 e. The van der Waals surface area contributed by atoms with Crippen LogP contribution in [0.3, 0.4) is 0 Å². The molecule has 0 aliphatic carbocycles. The van der Waals surface area contributed by atoms with Crippen LogP contribution in [0.5, 0.6) is 5.75 Å². The van der Waals surface area contributed by atoms with E-state index >= 15 is 0 Å². The van der Waals surface area contributed by atoms with Gasteiger partial charge in [0.1, 0.15) is 5.75 Å². The molecule has 0 N–H and O–H groups in total. The van der Waals surface area contributed by atoms with Crippen molar-refractivity contribution in [2.45, 2.75) is 25.4 Å². The second-order valence-electron chi connectivity index (χ2n) is 10.9. The number of likely N-dealkylation sites (tertiary alicyclic amines) is 1. The van der Waals surface area contributed by atoms with Crippen LogP contribution in [0.4, 0.5) is 0 Å². The van der Waals surface area contributed by atoms with Gasteiger partial charge in [0, 0.05) is 38.3 Å². The lowest BCUT2D eigenvalue weighted by atomic mass is 9.95. The van der Waals surface area contributed by atoms with Gasteiger partial charge in [-0.05, 0) is 54.8 Å². The molecule has 1 aromatic heterocycles. The fraction of sp³-hybridized carbons (Fsp3) is 0.364. The van der Waals surface area contributed by atoms with Gasteiger partial charge in [-0.2, -0.15) is 4.98 Å². The summed E-state index contributed by atoms with van der Waals surface area (Å²) >= 11 is 0. The lowest BCUT2D eigenvalue weighted by Crippen LogP contribution is -2.53. The number of hydrogen-bond acceptors (Lipinski definition) is 7. The molecule has 212 valence electrons.